The van der Waals surface area contributed by atoms with Gasteiger partial charge >= 0.3 is 0 Å². The maximum Gasteiger partial charge on any atom is 0.191 e. The average Bonchev–Trinajstić information content (AvgIpc) is 2.99. The molecule has 0 aromatic heterocycles. The van der Waals surface area contributed by atoms with E-state index in [2.05, 4.69) is 46.0 Å². The molecule has 0 heterocycles. The zero-order valence-electron chi connectivity index (χ0n) is 13.1. The van der Waals surface area contributed by atoms with E-state index in [1.807, 2.05) is 7.05 Å². The number of aliphatic imine (C=N–C) groups is 1. The average molecular weight is 285 g/mol. The van der Waals surface area contributed by atoms with Gasteiger partial charge in [-0.15, -0.1) is 0 Å². The number of guanidine groups is 1. The highest BCUT2D eigenvalue weighted by atomic mass is 15.2. The van der Waals surface area contributed by atoms with E-state index in [1.54, 1.807) is 0 Å². The minimum atomic E-state index is 0.314. The van der Waals surface area contributed by atoms with Crippen molar-refractivity contribution in [2.75, 3.05) is 13.6 Å². The Kier molecular flexibility index (Phi) is 4.47. The van der Waals surface area contributed by atoms with E-state index in [0.717, 1.165) is 12.5 Å². The monoisotopic (exact) mass is 285 g/mol. The molecule has 2 aliphatic carbocycles. The second kappa shape index (κ2) is 6.50. The fourth-order valence-electron chi connectivity index (χ4n) is 3.67. The molecule has 1 aromatic carbocycles. The molecule has 0 spiro atoms. The number of nitrogens with zero attached hydrogens (tertiary/aromatic N) is 1. The van der Waals surface area contributed by atoms with Crippen LogP contribution in [0, 0.1) is 0 Å². The van der Waals surface area contributed by atoms with Gasteiger partial charge in [0.25, 0.3) is 0 Å². The van der Waals surface area contributed by atoms with E-state index < -0.39 is 0 Å². The number of benzene rings is 1. The van der Waals surface area contributed by atoms with Gasteiger partial charge in [-0.05, 0) is 31.2 Å². The molecule has 3 nitrogen and oxygen atoms in total. The summed E-state index contributed by atoms with van der Waals surface area (Å²) in [5.41, 5.74) is 1.79. The van der Waals surface area contributed by atoms with E-state index in [0.29, 0.717) is 11.5 Å². The smallest absolute Gasteiger partial charge is 0.191 e. The number of nitrogens with one attached hydrogen (secondary N) is 2. The molecule has 114 valence electrons. The van der Waals surface area contributed by atoms with Gasteiger partial charge in [0, 0.05) is 25.0 Å². The molecule has 0 aliphatic heterocycles. The summed E-state index contributed by atoms with van der Waals surface area (Å²) < 4.78 is 0. The number of hydrogen-bond donors (Lipinski definition) is 2. The van der Waals surface area contributed by atoms with Crippen LogP contribution < -0.4 is 10.6 Å². The van der Waals surface area contributed by atoms with Gasteiger partial charge in [0.15, 0.2) is 5.96 Å². The lowest BCUT2D eigenvalue weighted by Crippen LogP contribution is -2.50. The van der Waals surface area contributed by atoms with Crippen molar-refractivity contribution in [3.05, 3.63) is 35.9 Å². The Morgan fingerprint density at radius 1 is 1.14 bits per heavy atom. The summed E-state index contributed by atoms with van der Waals surface area (Å²) in [4.78, 5) is 4.40. The van der Waals surface area contributed by atoms with E-state index in [4.69, 9.17) is 0 Å². The normalized spacial score (nSPS) is 21.9. The third-order valence-corrected chi connectivity index (χ3v) is 5.21. The van der Waals surface area contributed by atoms with Gasteiger partial charge in [-0.1, -0.05) is 49.6 Å². The molecule has 2 fully saturated rings. The highest BCUT2D eigenvalue weighted by Crippen LogP contribution is 2.43. The predicted octanol–water partition coefficient (Wildman–Crippen LogP) is 3.22. The van der Waals surface area contributed by atoms with Gasteiger partial charge in [0.05, 0.1) is 0 Å². The molecule has 0 bridgehead atoms. The molecule has 0 atom stereocenters. The van der Waals surface area contributed by atoms with E-state index in [9.17, 15) is 0 Å². The topological polar surface area (TPSA) is 36.4 Å². The van der Waals surface area contributed by atoms with Crippen molar-refractivity contribution in [2.24, 2.45) is 4.99 Å². The summed E-state index contributed by atoms with van der Waals surface area (Å²) in [5.74, 6) is 0.976. The van der Waals surface area contributed by atoms with Crippen LogP contribution >= 0.6 is 0 Å². The first-order chi connectivity index (χ1) is 10.3. The molecule has 3 rings (SSSR count). The summed E-state index contributed by atoms with van der Waals surface area (Å²) >= 11 is 0. The van der Waals surface area contributed by atoms with Crippen LogP contribution in [0.15, 0.2) is 35.3 Å². The molecule has 1 aromatic rings. The van der Waals surface area contributed by atoms with Crippen LogP contribution in [0.4, 0.5) is 0 Å². The second-order valence-corrected chi connectivity index (χ2v) is 6.55. The zero-order chi connectivity index (χ0) is 14.5. The van der Waals surface area contributed by atoms with Crippen LogP contribution in [-0.4, -0.2) is 25.6 Å². The molecule has 21 heavy (non-hydrogen) atoms. The number of hydrogen-bond acceptors (Lipinski definition) is 1. The van der Waals surface area contributed by atoms with Crippen molar-refractivity contribution < 1.29 is 0 Å². The van der Waals surface area contributed by atoms with Crippen LogP contribution in [0.2, 0.25) is 0 Å². The van der Waals surface area contributed by atoms with Crippen LogP contribution in [0.25, 0.3) is 0 Å². The van der Waals surface area contributed by atoms with Crippen LogP contribution in [0.1, 0.15) is 50.5 Å². The first-order valence-corrected chi connectivity index (χ1v) is 8.35. The molecule has 3 heteroatoms. The van der Waals surface area contributed by atoms with Crippen LogP contribution in [0.3, 0.4) is 0 Å². The van der Waals surface area contributed by atoms with Crippen molar-refractivity contribution in [1.82, 2.24) is 10.6 Å². The highest BCUT2D eigenvalue weighted by Gasteiger charge is 2.38. The fourth-order valence-corrected chi connectivity index (χ4v) is 3.67. The highest BCUT2D eigenvalue weighted by molar-refractivity contribution is 5.80. The van der Waals surface area contributed by atoms with Gasteiger partial charge in [0.2, 0.25) is 0 Å². The Bertz CT molecular complexity index is 470. The van der Waals surface area contributed by atoms with Gasteiger partial charge in [-0.2, -0.15) is 0 Å². The van der Waals surface area contributed by atoms with E-state index >= 15 is 0 Å². The fraction of sp³-hybridized carbons (Fsp3) is 0.611. The Labute approximate surface area is 128 Å². The summed E-state index contributed by atoms with van der Waals surface area (Å²) in [6.45, 7) is 0.989. The zero-order valence-corrected chi connectivity index (χ0v) is 13.1. The van der Waals surface area contributed by atoms with Crippen LogP contribution in [0.5, 0.6) is 0 Å². The lowest BCUT2D eigenvalue weighted by atomic mass is 9.64. The molecule has 0 unspecified atom stereocenters. The Balaban J connectivity index is 1.59. The lowest BCUT2D eigenvalue weighted by Gasteiger charge is -2.43. The van der Waals surface area contributed by atoms with Crippen molar-refractivity contribution >= 4 is 5.96 Å². The minimum absolute atomic E-state index is 0.314. The first-order valence-electron chi connectivity index (χ1n) is 8.35. The lowest BCUT2D eigenvalue weighted by molar-refractivity contribution is 0.243. The van der Waals surface area contributed by atoms with Gasteiger partial charge in [-0.3, -0.25) is 4.99 Å². The maximum absolute atomic E-state index is 4.40. The van der Waals surface area contributed by atoms with Gasteiger partial charge < -0.3 is 10.6 Å². The summed E-state index contributed by atoms with van der Waals surface area (Å²) in [6.07, 6.45) is 9.17. The van der Waals surface area contributed by atoms with Crippen molar-refractivity contribution in [3.8, 4) is 0 Å². The SMILES string of the molecule is CN=C(NCC1(c2ccccc2)CCC1)NC1CCCC1. The molecule has 2 N–H and O–H groups in total. The van der Waals surface area contributed by atoms with Crippen LogP contribution in [-0.2, 0) is 5.41 Å². The molecular weight excluding hydrogens is 258 g/mol. The summed E-state index contributed by atoms with van der Waals surface area (Å²) in [5, 5.41) is 7.15. The van der Waals surface area contributed by atoms with E-state index in [-0.39, 0.29) is 0 Å². The Morgan fingerprint density at radius 2 is 1.86 bits per heavy atom. The molecular formula is C18H27N3. The number of rotatable bonds is 4. The standard InChI is InChI=1S/C18H27N3/c1-19-17(21-16-10-5-6-11-16)20-14-18(12-7-13-18)15-8-3-2-4-9-15/h2-4,8-9,16H,5-7,10-14H2,1H3,(H2,19,20,21). The Hall–Kier alpha value is -1.51. The first kappa shape index (κ1) is 14.4. The molecule has 0 radical (unpaired) electrons. The summed E-state index contributed by atoms with van der Waals surface area (Å²) in [7, 11) is 1.88. The quantitative estimate of drug-likeness (QED) is 0.658. The van der Waals surface area contributed by atoms with Crippen molar-refractivity contribution in [2.45, 2.75) is 56.4 Å². The minimum Gasteiger partial charge on any atom is -0.356 e. The van der Waals surface area contributed by atoms with Crippen molar-refractivity contribution in [1.29, 1.82) is 0 Å². The summed E-state index contributed by atoms with van der Waals surface area (Å²) in [6, 6.07) is 11.6. The predicted molar refractivity (Wildman–Crippen MR) is 88.7 cm³/mol. The third kappa shape index (κ3) is 3.22. The largest absolute Gasteiger partial charge is 0.356 e. The van der Waals surface area contributed by atoms with E-state index in [1.165, 1.54) is 50.5 Å². The van der Waals surface area contributed by atoms with Crippen molar-refractivity contribution in [3.63, 3.8) is 0 Å². The third-order valence-electron chi connectivity index (χ3n) is 5.21. The maximum atomic E-state index is 4.40. The second-order valence-electron chi connectivity index (χ2n) is 6.55. The Morgan fingerprint density at radius 3 is 2.43 bits per heavy atom. The molecule has 2 aliphatic rings. The molecule has 0 amide bonds. The van der Waals surface area contributed by atoms with Gasteiger partial charge in [-0.25, -0.2) is 0 Å². The van der Waals surface area contributed by atoms with Gasteiger partial charge in [0.1, 0.15) is 0 Å². The molecule has 2 saturated carbocycles. The molecule has 0 saturated heterocycles.